The van der Waals surface area contributed by atoms with Gasteiger partial charge in [0.2, 0.25) is 0 Å². The summed E-state index contributed by atoms with van der Waals surface area (Å²) in [5.41, 5.74) is 2.53. The van der Waals surface area contributed by atoms with E-state index in [0.29, 0.717) is 12.2 Å². The van der Waals surface area contributed by atoms with Crippen molar-refractivity contribution in [1.29, 1.82) is 0 Å². The lowest BCUT2D eigenvalue weighted by atomic mass is 10.1. The van der Waals surface area contributed by atoms with Crippen LogP contribution in [0.25, 0.3) is 0 Å². The third-order valence-electron chi connectivity index (χ3n) is 3.52. The first-order chi connectivity index (χ1) is 8.24. The highest BCUT2D eigenvalue weighted by atomic mass is 16.5. The van der Waals surface area contributed by atoms with Crippen molar-refractivity contribution in [3.63, 3.8) is 0 Å². The zero-order valence-corrected chi connectivity index (χ0v) is 9.48. The molecule has 0 aromatic heterocycles. The van der Waals surface area contributed by atoms with E-state index in [0.717, 1.165) is 30.5 Å². The lowest BCUT2D eigenvalue weighted by Gasteiger charge is -2.18. The van der Waals surface area contributed by atoms with E-state index in [4.69, 9.17) is 4.74 Å². The highest BCUT2D eigenvalue weighted by Gasteiger charge is 2.26. The van der Waals surface area contributed by atoms with Gasteiger partial charge in [-0.15, -0.1) is 0 Å². The third-order valence-corrected chi connectivity index (χ3v) is 3.52. The van der Waals surface area contributed by atoms with Crippen molar-refractivity contribution in [3.8, 4) is 0 Å². The SMILES string of the molecule is O=C1OCc2cc(N[C@@H]3CCC[C@@H]3O)ccc21. The molecule has 1 aliphatic carbocycles. The number of fused-ring (bicyclic) bond motifs is 1. The number of hydrogen-bond donors (Lipinski definition) is 2. The van der Waals surface area contributed by atoms with Crippen LogP contribution in [0.1, 0.15) is 35.2 Å². The second kappa shape index (κ2) is 4.04. The fraction of sp³-hybridized carbons (Fsp3) is 0.462. The van der Waals surface area contributed by atoms with Gasteiger partial charge in [-0.2, -0.15) is 0 Å². The van der Waals surface area contributed by atoms with Gasteiger partial charge >= 0.3 is 5.97 Å². The Morgan fingerprint density at radius 1 is 1.35 bits per heavy atom. The van der Waals surface area contributed by atoms with Crippen molar-refractivity contribution in [2.75, 3.05) is 5.32 Å². The average molecular weight is 233 g/mol. The summed E-state index contributed by atoms with van der Waals surface area (Å²) in [6.45, 7) is 0.358. The van der Waals surface area contributed by atoms with Crippen LogP contribution in [0.5, 0.6) is 0 Å². The van der Waals surface area contributed by atoms with Crippen molar-refractivity contribution in [1.82, 2.24) is 0 Å². The fourth-order valence-corrected chi connectivity index (χ4v) is 2.55. The van der Waals surface area contributed by atoms with E-state index >= 15 is 0 Å². The Bertz CT molecular complexity index is 458. The molecule has 2 atom stereocenters. The Morgan fingerprint density at radius 2 is 2.24 bits per heavy atom. The Kier molecular flexibility index (Phi) is 2.52. The van der Waals surface area contributed by atoms with Crippen LogP contribution in [0, 0.1) is 0 Å². The van der Waals surface area contributed by atoms with E-state index in [1.165, 1.54) is 0 Å². The maximum absolute atomic E-state index is 11.3. The molecule has 0 unspecified atom stereocenters. The number of ether oxygens (including phenoxy) is 1. The van der Waals surface area contributed by atoms with Crippen LogP contribution < -0.4 is 5.32 Å². The first-order valence-electron chi connectivity index (χ1n) is 5.99. The zero-order valence-electron chi connectivity index (χ0n) is 9.48. The van der Waals surface area contributed by atoms with Crippen LogP contribution in [0.3, 0.4) is 0 Å². The molecule has 0 amide bonds. The third kappa shape index (κ3) is 1.89. The van der Waals surface area contributed by atoms with Crippen LogP contribution in [0.2, 0.25) is 0 Å². The average Bonchev–Trinajstić information content (AvgIpc) is 2.87. The molecule has 1 aliphatic heterocycles. The first kappa shape index (κ1) is 10.6. The van der Waals surface area contributed by atoms with Gasteiger partial charge in [0.1, 0.15) is 6.61 Å². The number of nitrogens with one attached hydrogen (secondary N) is 1. The number of carbonyl (C=O) groups excluding carboxylic acids is 1. The molecule has 0 saturated heterocycles. The molecule has 0 spiro atoms. The standard InChI is InChI=1S/C13H15NO3/c15-12-3-1-2-11(12)14-9-4-5-10-8(6-9)7-17-13(10)16/h4-6,11-12,14-15H,1-3,7H2/t11-,12+/m1/s1. The van der Waals surface area contributed by atoms with Gasteiger partial charge in [-0.25, -0.2) is 4.79 Å². The van der Waals surface area contributed by atoms with E-state index in [-0.39, 0.29) is 18.1 Å². The van der Waals surface area contributed by atoms with Gasteiger partial charge in [-0.05, 0) is 37.5 Å². The molecule has 1 heterocycles. The minimum absolute atomic E-state index is 0.131. The van der Waals surface area contributed by atoms with Gasteiger partial charge < -0.3 is 15.2 Å². The molecule has 2 N–H and O–H groups in total. The van der Waals surface area contributed by atoms with E-state index in [2.05, 4.69) is 5.32 Å². The maximum Gasteiger partial charge on any atom is 0.338 e. The summed E-state index contributed by atoms with van der Waals surface area (Å²) in [6, 6.07) is 5.72. The summed E-state index contributed by atoms with van der Waals surface area (Å²) in [6.07, 6.45) is 2.66. The van der Waals surface area contributed by atoms with Crippen LogP contribution in [0.4, 0.5) is 5.69 Å². The Morgan fingerprint density at radius 3 is 3.00 bits per heavy atom. The summed E-state index contributed by atoms with van der Waals surface area (Å²) in [5, 5.41) is 13.1. The Balaban J connectivity index is 1.78. The molecule has 17 heavy (non-hydrogen) atoms. The Hall–Kier alpha value is -1.55. The quantitative estimate of drug-likeness (QED) is 0.763. The number of hydrogen-bond acceptors (Lipinski definition) is 4. The lowest BCUT2D eigenvalue weighted by molar-refractivity contribution is 0.0535. The van der Waals surface area contributed by atoms with Crippen molar-refractivity contribution in [2.45, 2.75) is 38.0 Å². The Labute approximate surface area is 99.6 Å². The van der Waals surface area contributed by atoms with Gasteiger partial charge in [-0.3, -0.25) is 0 Å². The minimum atomic E-state index is -0.263. The highest BCUT2D eigenvalue weighted by molar-refractivity contribution is 5.93. The molecule has 90 valence electrons. The summed E-state index contributed by atoms with van der Waals surface area (Å²) in [7, 11) is 0. The number of benzene rings is 1. The molecule has 1 fully saturated rings. The van der Waals surface area contributed by atoms with Crippen LogP contribution in [-0.2, 0) is 11.3 Å². The molecule has 0 bridgehead atoms. The smallest absolute Gasteiger partial charge is 0.338 e. The normalized spacial score (nSPS) is 26.8. The minimum Gasteiger partial charge on any atom is -0.457 e. The van der Waals surface area contributed by atoms with Crippen LogP contribution >= 0.6 is 0 Å². The van der Waals surface area contributed by atoms with Crippen molar-refractivity contribution in [3.05, 3.63) is 29.3 Å². The van der Waals surface area contributed by atoms with Crippen molar-refractivity contribution < 1.29 is 14.6 Å². The number of aliphatic hydroxyl groups is 1. The van der Waals surface area contributed by atoms with Gasteiger partial charge in [0.25, 0.3) is 0 Å². The van der Waals surface area contributed by atoms with E-state index in [1.807, 2.05) is 12.1 Å². The predicted molar refractivity (Wildman–Crippen MR) is 62.8 cm³/mol. The summed E-state index contributed by atoms with van der Waals surface area (Å²) >= 11 is 0. The van der Waals surface area contributed by atoms with E-state index in [1.54, 1.807) is 6.07 Å². The summed E-state index contributed by atoms with van der Waals surface area (Å²) in [4.78, 5) is 11.3. The van der Waals surface area contributed by atoms with Crippen molar-refractivity contribution >= 4 is 11.7 Å². The number of cyclic esters (lactones) is 1. The lowest BCUT2D eigenvalue weighted by Crippen LogP contribution is -2.27. The van der Waals surface area contributed by atoms with E-state index < -0.39 is 0 Å². The molecule has 1 aromatic rings. The summed E-state index contributed by atoms with van der Waals surface area (Å²) in [5.74, 6) is -0.243. The number of aliphatic hydroxyl groups excluding tert-OH is 1. The van der Waals surface area contributed by atoms with Gasteiger partial charge in [0.05, 0.1) is 17.7 Å². The molecule has 1 saturated carbocycles. The van der Waals surface area contributed by atoms with Crippen molar-refractivity contribution in [2.24, 2.45) is 0 Å². The largest absolute Gasteiger partial charge is 0.457 e. The molecular formula is C13H15NO3. The molecule has 1 aromatic carbocycles. The van der Waals surface area contributed by atoms with Crippen LogP contribution in [0.15, 0.2) is 18.2 Å². The number of esters is 1. The molecule has 4 heteroatoms. The van der Waals surface area contributed by atoms with Gasteiger partial charge in [0.15, 0.2) is 0 Å². The van der Waals surface area contributed by atoms with Gasteiger partial charge in [0, 0.05) is 11.3 Å². The fourth-order valence-electron chi connectivity index (χ4n) is 2.55. The molecular weight excluding hydrogens is 218 g/mol. The topological polar surface area (TPSA) is 58.6 Å². The molecule has 3 rings (SSSR count). The second-order valence-corrected chi connectivity index (χ2v) is 4.70. The number of rotatable bonds is 2. The van der Waals surface area contributed by atoms with E-state index in [9.17, 15) is 9.90 Å². The highest BCUT2D eigenvalue weighted by Crippen LogP contribution is 2.27. The number of anilines is 1. The van der Waals surface area contributed by atoms with Crippen LogP contribution in [-0.4, -0.2) is 23.2 Å². The van der Waals surface area contributed by atoms with Gasteiger partial charge in [-0.1, -0.05) is 0 Å². The maximum atomic E-state index is 11.3. The predicted octanol–water partition coefficient (Wildman–Crippen LogP) is 1.68. The summed E-state index contributed by atoms with van der Waals surface area (Å²) < 4.78 is 4.95. The number of carbonyl (C=O) groups is 1. The molecule has 2 aliphatic rings. The first-order valence-corrected chi connectivity index (χ1v) is 5.99. The monoisotopic (exact) mass is 233 g/mol. The molecule has 4 nitrogen and oxygen atoms in total. The zero-order chi connectivity index (χ0) is 11.8. The molecule has 0 radical (unpaired) electrons. The second-order valence-electron chi connectivity index (χ2n) is 4.70.